The fraction of sp³-hybridized carbons (Fsp3) is 0.333. The molecule has 0 amide bonds. The molecule has 3 heteroatoms. The van der Waals surface area contributed by atoms with Gasteiger partial charge in [0.15, 0.2) is 0 Å². The van der Waals surface area contributed by atoms with Crippen LogP contribution in [0.3, 0.4) is 0 Å². The molecule has 1 rings (SSSR count). The smallest absolute Gasteiger partial charge is 0.330 e. The summed E-state index contributed by atoms with van der Waals surface area (Å²) in [6.07, 6.45) is -0.0226. The Labute approximate surface area is 79.4 Å². The first-order chi connectivity index (χ1) is 5.61. The third-order valence-corrected chi connectivity index (χ3v) is 2.45. The Bertz CT molecular complexity index is 245. The molecule has 0 bridgehead atoms. The van der Waals surface area contributed by atoms with Crippen molar-refractivity contribution in [3.63, 3.8) is 0 Å². The molecule has 0 heterocycles. The van der Waals surface area contributed by atoms with E-state index in [0.717, 1.165) is 5.46 Å². The highest BCUT2D eigenvalue weighted by atomic mass is 35.5. The summed E-state index contributed by atoms with van der Waals surface area (Å²) in [7, 11) is 3.94. The van der Waals surface area contributed by atoms with Gasteiger partial charge in [0.2, 0.25) is 0 Å². The Kier molecular flexibility index (Phi) is 3.18. The highest BCUT2D eigenvalue weighted by Gasteiger charge is 2.15. The van der Waals surface area contributed by atoms with Gasteiger partial charge in [-0.3, -0.25) is 0 Å². The van der Waals surface area contributed by atoms with Crippen LogP contribution in [0.1, 0.15) is 5.56 Å². The van der Waals surface area contributed by atoms with E-state index in [-0.39, 0.29) is 6.26 Å². The van der Waals surface area contributed by atoms with Gasteiger partial charge in [-0.1, -0.05) is 29.8 Å². The lowest BCUT2D eigenvalue weighted by molar-refractivity contribution is 0.663. The summed E-state index contributed by atoms with van der Waals surface area (Å²) in [5.41, 5.74) is 2.41. The quantitative estimate of drug-likeness (QED) is 0.625. The standard InChI is InChI=1S/C9H13BClN/c1-8-4-6-9(7-5-8)10(11)12(2)3/h4-7H,1-3H3. The van der Waals surface area contributed by atoms with Crippen molar-refractivity contribution < 1.29 is 0 Å². The molecule has 0 saturated carbocycles. The number of hydrogen-bond acceptors (Lipinski definition) is 1. The molecule has 0 aliphatic rings. The number of nitrogens with zero attached hydrogens (tertiary/aromatic N) is 1. The Balaban J connectivity index is 2.82. The maximum atomic E-state index is 6.12. The Hall–Kier alpha value is -0.465. The van der Waals surface area contributed by atoms with Crippen molar-refractivity contribution in [1.29, 1.82) is 0 Å². The minimum absolute atomic E-state index is 0.0226. The Morgan fingerprint density at radius 2 is 1.67 bits per heavy atom. The summed E-state index contributed by atoms with van der Waals surface area (Å²) >= 11 is 6.12. The molecule has 0 atom stereocenters. The lowest BCUT2D eigenvalue weighted by Gasteiger charge is -2.13. The Morgan fingerprint density at radius 1 is 1.17 bits per heavy atom. The van der Waals surface area contributed by atoms with E-state index < -0.39 is 0 Å². The Morgan fingerprint density at radius 3 is 2.08 bits per heavy atom. The summed E-state index contributed by atoms with van der Waals surface area (Å²) in [4.78, 5) is 1.98. The van der Waals surface area contributed by atoms with Gasteiger partial charge in [0, 0.05) is 0 Å². The fourth-order valence-electron chi connectivity index (χ4n) is 1.02. The summed E-state index contributed by atoms with van der Waals surface area (Å²) in [5.74, 6) is 0. The van der Waals surface area contributed by atoms with Crippen LogP contribution in [-0.4, -0.2) is 25.2 Å². The van der Waals surface area contributed by atoms with Crippen LogP contribution in [0.4, 0.5) is 0 Å². The van der Waals surface area contributed by atoms with Crippen molar-refractivity contribution in [2.75, 3.05) is 14.1 Å². The molecule has 0 saturated heterocycles. The number of halogens is 1. The molecule has 0 aliphatic heterocycles. The van der Waals surface area contributed by atoms with Crippen molar-refractivity contribution in [2.24, 2.45) is 0 Å². The van der Waals surface area contributed by atoms with Crippen LogP contribution in [0.15, 0.2) is 24.3 Å². The maximum absolute atomic E-state index is 6.12. The van der Waals surface area contributed by atoms with Crippen LogP contribution in [0.5, 0.6) is 0 Å². The summed E-state index contributed by atoms with van der Waals surface area (Å²) < 4.78 is 0. The number of aryl methyl sites for hydroxylation is 1. The van der Waals surface area contributed by atoms with E-state index in [1.165, 1.54) is 5.56 Å². The first-order valence-electron chi connectivity index (χ1n) is 3.98. The molecule has 0 spiro atoms. The van der Waals surface area contributed by atoms with Gasteiger partial charge >= 0.3 is 6.26 Å². The molecular formula is C9H13BClN. The average molecular weight is 181 g/mol. The van der Waals surface area contributed by atoms with E-state index >= 15 is 0 Å². The monoisotopic (exact) mass is 181 g/mol. The second-order valence-electron chi connectivity index (χ2n) is 3.21. The number of benzene rings is 1. The van der Waals surface area contributed by atoms with E-state index in [4.69, 9.17) is 11.5 Å². The van der Waals surface area contributed by atoms with E-state index in [9.17, 15) is 0 Å². The van der Waals surface area contributed by atoms with Crippen LogP contribution in [0, 0.1) is 6.92 Å². The zero-order chi connectivity index (χ0) is 9.14. The first-order valence-corrected chi connectivity index (χ1v) is 4.42. The number of rotatable bonds is 2. The van der Waals surface area contributed by atoms with Crippen molar-refractivity contribution in [2.45, 2.75) is 6.92 Å². The molecule has 0 radical (unpaired) electrons. The highest BCUT2D eigenvalue weighted by molar-refractivity contribution is 7.12. The molecule has 0 fully saturated rings. The van der Waals surface area contributed by atoms with Gasteiger partial charge in [0.05, 0.1) is 0 Å². The molecule has 0 N–H and O–H groups in total. The van der Waals surface area contributed by atoms with Crippen LogP contribution in [0.2, 0.25) is 0 Å². The van der Waals surface area contributed by atoms with Crippen LogP contribution in [0.25, 0.3) is 0 Å². The molecule has 12 heavy (non-hydrogen) atoms. The lowest BCUT2D eigenvalue weighted by atomic mass is 9.79. The van der Waals surface area contributed by atoms with E-state index in [0.29, 0.717) is 0 Å². The summed E-state index contributed by atoms with van der Waals surface area (Å²) in [6.45, 7) is 2.07. The second-order valence-corrected chi connectivity index (χ2v) is 3.62. The second kappa shape index (κ2) is 3.97. The predicted molar refractivity (Wildman–Crippen MR) is 56.1 cm³/mol. The van der Waals surface area contributed by atoms with E-state index in [2.05, 4.69) is 31.2 Å². The predicted octanol–water partition coefficient (Wildman–Crippen LogP) is 1.49. The minimum atomic E-state index is -0.0226. The van der Waals surface area contributed by atoms with Gasteiger partial charge in [-0.2, -0.15) is 11.5 Å². The molecule has 0 aromatic heterocycles. The summed E-state index contributed by atoms with van der Waals surface area (Å²) in [5, 5.41) is 0. The molecule has 1 nitrogen and oxygen atoms in total. The lowest BCUT2D eigenvalue weighted by Crippen LogP contribution is -2.38. The normalized spacial score (nSPS) is 10.4. The first kappa shape index (κ1) is 9.62. The van der Waals surface area contributed by atoms with E-state index in [1.54, 1.807) is 0 Å². The number of hydrogen-bond donors (Lipinski definition) is 0. The zero-order valence-corrected chi connectivity index (χ0v) is 8.47. The SMILES string of the molecule is Cc1ccc(B(Cl)N(C)C)cc1. The van der Waals surface area contributed by atoms with Gasteiger partial charge in [-0.15, -0.1) is 0 Å². The van der Waals surface area contributed by atoms with Crippen molar-refractivity contribution in [1.82, 2.24) is 4.81 Å². The van der Waals surface area contributed by atoms with Gasteiger partial charge in [-0.05, 0) is 26.5 Å². The van der Waals surface area contributed by atoms with Crippen molar-refractivity contribution >= 4 is 23.2 Å². The van der Waals surface area contributed by atoms with Gasteiger partial charge in [-0.25, -0.2) is 0 Å². The zero-order valence-electron chi connectivity index (χ0n) is 7.71. The van der Waals surface area contributed by atoms with Crippen LogP contribution >= 0.6 is 11.5 Å². The van der Waals surface area contributed by atoms with Gasteiger partial charge in [0.1, 0.15) is 0 Å². The van der Waals surface area contributed by atoms with E-state index in [1.807, 2.05) is 18.9 Å². The largest absolute Gasteiger partial charge is 0.364 e. The van der Waals surface area contributed by atoms with Gasteiger partial charge in [0.25, 0.3) is 0 Å². The van der Waals surface area contributed by atoms with Gasteiger partial charge < -0.3 is 4.81 Å². The molecule has 0 unspecified atom stereocenters. The molecular weight excluding hydrogens is 168 g/mol. The minimum Gasteiger partial charge on any atom is -0.330 e. The maximum Gasteiger partial charge on any atom is 0.364 e. The molecule has 1 aromatic carbocycles. The average Bonchev–Trinajstić information content (AvgIpc) is 2.04. The third kappa shape index (κ3) is 2.26. The van der Waals surface area contributed by atoms with Crippen molar-refractivity contribution in [3.8, 4) is 0 Å². The summed E-state index contributed by atoms with van der Waals surface area (Å²) in [6, 6.07) is 8.28. The topological polar surface area (TPSA) is 3.24 Å². The molecule has 0 aliphatic carbocycles. The third-order valence-electron chi connectivity index (χ3n) is 1.81. The molecule has 1 aromatic rings. The van der Waals surface area contributed by atoms with Crippen LogP contribution in [-0.2, 0) is 0 Å². The van der Waals surface area contributed by atoms with Crippen molar-refractivity contribution in [3.05, 3.63) is 29.8 Å². The molecule has 64 valence electrons. The highest BCUT2D eigenvalue weighted by Crippen LogP contribution is 1.98. The van der Waals surface area contributed by atoms with Crippen LogP contribution < -0.4 is 5.46 Å². The fourth-order valence-corrected chi connectivity index (χ4v) is 1.17.